The fraction of sp³-hybridized carbons (Fsp3) is 0.562. The van der Waals surface area contributed by atoms with Gasteiger partial charge in [-0.2, -0.15) is 0 Å². The standard InChI is InChI=1S/C32H43F2N3O5/c1-21(2)36(32(39)23-6-9-29(41-4)30(15-23)42-11-5-10-40-3)19-24-17-35-18-25(24)20-37(28-7-8-28)31(38)14-22-12-26(33)16-27(34)13-22/h6,9,12-13,15-16,21,24-25,28,35H,5,7-8,10-11,14,17-20H2,1-4H3/t24-,25?/m0/s1. The van der Waals surface area contributed by atoms with Crippen molar-refractivity contribution in [2.45, 2.75) is 51.6 Å². The molecule has 1 unspecified atom stereocenters. The van der Waals surface area contributed by atoms with Gasteiger partial charge in [-0.15, -0.1) is 0 Å². The molecule has 1 saturated carbocycles. The molecule has 42 heavy (non-hydrogen) atoms. The highest BCUT2D eigenvalue weighted by Gasteiger charge is 2.38. The molecule has 1 aliphatic carbocycles. The second-order valence-electron chi connectivity index (χ2n) is 11.5. The van der Waals surface area contributed by atoms with Crippen molar-refractivity contribution >= 4 is 11.8 Å². The van der Waals surface area contributed by atoms with Gasteiger partial charge in [0.25, 0.3) is 5.91 Å². The van der Waals surface area contributed by atoms with Crippen molar-refractivity contribution in [3.05, 3.63) is 59.2 Å². The van der Waals surface area contributed by atoms with E-state index in [-0.39, 0.29) is 42.2 Å². The van der Waals surface area contributed by atoms with Crippen LogP contribution in [-0.2, 0) is 16.0 Å². The summed E-state index contributed by atoms with van der Waals surface area (Å²) < 4.78 is 43.9. The summed E-state index contributed by atoms with van der Waals surface area (Å²) in [5.41, 5.74) is 0.855. The van der Waals surface area contributed by atoms with Gasteiger partial charge in [0.15, 0.2) is 11.5 Å². The van der Waals surface area contributed by atoms with Crippen LogP contribution in [-0.4, -0.2) is 87.3 Å². The number of carbonyl (C=O) groups is 2. The average molecular weight is 588 g/mol. The number of hydrogen-bond acceptors (Lipinski definition) is 6. The zero-order valence-electron chi connectivity index (χ0n) is 25.0. The summed E-state index contributed by atoms with van der Waals surface area (Å²) in [6.07, 6.45) is 2.53. The highest BCUT2D eigenvalue weighted by Crippen LogP contribution is 2.32. The van der Waals surface area contributed by atoms with Gasteiger partial charge in [0.05, 0.1) is 20.1 Å². The van der Waals surface area contributed by atoms with Gasteiger partial charge in [-0.05, 0) is 74.4 Å². The van der Waals surface area contributed by atoms with E-state index >= 15 is 0 Å². The van der Waals surface area contributed by atoms with Crippen LogP contribution in [0.5, 0.6) is 11.5 Å². The van der Waals surface area contributed by atoms with Gasteiger partial charge >= 0.3 is 0 Å². The maximum absolute atomic E-state index is 13.8. The first-order chi connectivity index (χ1) is 20.2. The summed E-state index contributed by atoms with van der Waals surface area (Å²) in [4.78, 5) is 30.8. The Morgan fingerprint density at radius 1 is 0.952 bits per heavy atom. The fourth-order valence-electron chi connectivity index (χ4n) is 5.55. The highest BCUT2D eigenvalue weighted by molar-refractivity contribution is 5.95. The second kappa shape index (κ2) is 14.8. The average Bonchev–Trinajstić information content (AvgIpc) is 3.69. The van der Waals surface area contributed by atoms with Crippen molar-refractivity contribution in [3.63, 3.8) is 0 Å². The van der Waals surface area contributed by atoms with Gasteiger partial charge < -0.3 is 29.3 Å². The molecule has 2 aromatic carbocycles. The van der Waals surface area contributed by atoms with Crippen molar-refractivity contribution in [1.29, 1.82) is 0 Å². The monoisotopic (exact) mass is 587 g/mol. The molecule has 2 aromatic rings. The van der Waals surface area contributed by atoms with E-state index in [1.54, 1.807) is 32.4 Å². The maximum Gasteiger partial charge on any atom is 0.254 e. The molecule has 2 fully saturated rings. The normalized spacial score (nSPS) is 18.3. The van der Waals surface area contributed by atoms with E-state index in [4.69, 9.17) is 14.2 Å². The summed E-state index contributed by atoms with van der Waals surface area (Å²) in [5, 5.41) is 3.45. The first-order valence-electron chi connectivity index (χ1n) is 14.8. The van der Waals surface area contributed by atoms with Crippen molar-refractivity contribution in [2.75, 3.05) is 53.6 Å². The number of hydrogen-bond donors (Lipinski definition) is 1. The summed E-state index contributed by atoms with van der Waals surface area (Å²) in [7, 11) is 3.21. The summed E-state index contributed by atoms with van der Waals surface area (Å²) >= 11 is 0. The zero-order valence-corrected chi connectivity index (χ0v) is 25.0. The van der Waals surface area contributed by atoms with Crippen LogP contribution in [0.4, 0.5) is 8.78 Å². The third kappa shape index (κ3) is 8.41. The van der Waals surface area contributed by atoms with E-state index in [1.807, 2.05) is 23.6 Å². The molecule has 0 aromatic heterocycles. The van der Waals surface area contributed by atoms with E-state index in [0.717, 1.165) is 32.0 Å². The third-order valence-electron chi connectivity index (χ3n) is 7.97. The van der Waals surface area contributed by atoms with Crippen LogP contribution in [0.1, 0.15) is 49.0 Å². The van der Waals surface area contributed by atoms with E-state index < -0.39 is 11.6 Å². The summed E-state index contributed by atoms with van der Waals surface area (Å²) in [6.45, 7) is 7.56. The lowest BCUT2D eigenvalue weighted by Crippen LogP contribution is -2.45. The van der Waals surface area contributed by atoms with Crippen LogP contribution >= 0.6 is 0 Å². The first-order valence-corrected chi connectivity index (χ1v) is 14.8. The van der Waals surface area contributed by atoms with Crippen LogP contribution in [0.3, 0.4) is 0 Å². The Morgan fingerprint density at radius 3 is 2.26 bits per heavy atom. The molecule has 4 rings (SSSR count). The largest absolute Gasteiger partial charge is 0.493 e. The molecular formula is C32H43F2N3O5. The molecule has 1 saturated heterocycles. The van der Waals surface area contributed by atoms with Crippen molar-refractivity contribution in [3.8, 4) is 11.5 Å². The first kappa shape index (κ1) is 31.7. The number of amides is 2. The van der Waals surface area contributed by atoms with Gasteiger partial charge in [-0.3, -0.25) is 9.59 Å². The minimum absolute atomic E-state index is 0.0417. The topological polar surface area (TPSA) is 80.3 Å². The Morgan fingerprint density at radius 2 is 1.64 bits per heavy atom. The maximum atomic E-state index is 13.8. The Hall–Kier alpha value is -3.24. The lowest BCUT2D eigenvalue weighted by Gasteiger charge is -2.34. The Balaban J connectivity index is 1.44. The molecule has 0 radical (unpaired) electrons. The second-order valence-corrected chi connectivity index (χ2v) is 11.5. The molecule has 8 nitrogen and oxygen atoms in total. The number of carbonyl (C=O) groups excluding carboxylic acids is 2. The van der Waals surface area contributed by atoms with Crippen LogP contribution in [0.2, 0.25) is 0 Å². The number of rotatable bonds is 15. The van der Waals surface area contributed by atoms with Crippen molar-refractivity contribution < 1.29 is 32.6 Å². The smallest absolute Gasteiger partial charge is 0.254 e. The number of methoxy groups -OCH3 is 2. The summed E-state index contributed by atoms with van der Waals surface area (Å²) in [5.74, 6) is -0.231. The SMILES string of the molecule is COCCCOc1cc(C(=O)N(C[C@@H]2CNCC2CN(C(=O)Cc2cc(F)cc(F)c2)C2CC2)C(C)C)ccc1OC. The van der Waals surface area contributed by atoms with Gasteiger partial charge in [-0.1, -0.05) is 0 Å². The van der Waals surface area contributed by atoms with Crippen LogP contribution in [0.25, 0.3) is 0 Å². The van der Waals surface area contributed by atoms with Crippen LogP contribution in [0, 0.1) is 23.5 Å². The predicted molar refractivity (Wildman–Crippen MR) is 156 cm³/mol. The summed E-state index contributed by atoms with van der Waals surface area (Å²) in [6, 6.07) is 8.59. The van der Waals surface area contributed by atoms with E-state index in [1.165, 1.54) is 12.1 Å². The van der Waals surface area contributed by atoms with E-state index in [9.17, 15) is 18.4 Å². The molecule has 230 valence electrons. The quantitative estimate of drug-likeness (QED) is 0.313. The molecule has 0 bridgehead atoms. The molecule has 1 N–H and O–H groups in total. The molecule has 0 spiro atoms. The molecule has 1 heterocycles. The number of nitrogens with one attached hydrogen (secondary N) is 1. The van der Waals surface area contributed by atoms with E-state index in [0.29, 0.717) is 55.4 Å². The number of ether oxygens (including phenoxy) is 3. The molecule has 2 aliphatic rings. The molecule has 2 atom stereocenters. The highest BCUT2D eigenvalue weighted by atomic mass is 19.1. The molecular weight excluding hydrogens is 544 g/mol. The predicted octanol–water partition coefficient (Wildman–Crippen LogP) is 4.31. The van der Waals surface area contributed by atoms with Gasteiger partial charge in [-0.25, -0.2) is 8.78 Å². The number of halogens is 2. The van der Waals surface area contributed by atoms with Gasteiger partial charge in [0.2, 0.25) is 5.91 Å². The lowest BCUT2D eigenvalue weighted by atomic mass is 9.93. The van der Waals surface area contributed by atoms with Crippen LogP contribution in [0.15, 0.2) is 36.4 Å². The zero-order chi connectivity index (χ0) is 30.2. The Labute approximate surface area is 247 Å². The molecule has 10 heteroatoms. The fourth-order valence-corrected chi connectivity index (χ4v) is 5.55. The van der Waals surface area contributed by atoms with Gasteiger partial charge in [0, 0.05) is 70.0 Å². The molecule has 2 amide bonds. The number of benzene rings is 2. The number of nitrogens with zero attached hydrogens (tertiary/aromatic N) is 2. The minimum Gasteiger partial charge on any atom is -0.493 e. The van der Waals surface area contributed by atoms with Crippen LogP contribution < -0.4 is 14.8 Å². The van der Waals surface area contributed by atoms with Crippen molar-refractivity contribution in [1.82, 2.24) is 15.1 Å². The molecule has 1 aliphatic heterocycles. The van der Waals surface area contributed by atoms with Crippen molar-refractivity contribution in [2.24, 2.45) is 11.8 Å². The van der Waals surface area contributed by atoms with Gasteiger partial charge in [0.1, 0.15) is 11.6 Å². The Bertz CT molecular complexity index is 1200. The Kier molecular flexibility index (Phi) is 11.2. The lowest BCUT2D eigenvalue weighted by molar-refractivity contribution is -0.131. The van der Waals surface area contributed by atoms with E-state index in [2.05, 4.69) is 5.32 Å². The third-order valence-corrected chi connectivity index (χ3v) is 7.97. The minimum atomic E-state index is -0.684.